The second-order valence-corrected chi connectivity index (χ2v) is 4.41. The standard InChI is InChI=1S/C14H14N2O4/c1-2-14(8-3-9-15-14)13(17)20-10-11-4-6-12(7-5-11)16(18)19/h3-9H,2,10H2,1H3. The molecule has 1 aliphatic rings. The fraction of sp³-hybridized carbons (Fsp3) is 0.286. The molecular formula is C14H14N2O4. The highest BCUT2D eigenvalue weighted by atomic mass is 16.6. The molecule has 0 radical (unpaired) electrons. The number of hydrogen-bond donors (Lipinski definition) is 0. The fourth-order valence-electron chi connectivity index (χ4n) is 1.88. The van der Waals surface area contributed by atoms with Crippen LogP contribution in [0.25, 0.3) is 0 Å². The third-order valence-electron chi connectivity index (χ3n) is 3.17. The highest BCUT2D eigenvalue weighted by molar-refractivity contribution is 5.91. The van der Waals surface area contributed by atoms with E-state index in [1.165, 1.54) is 12.1 Å². The number of allylic oxidation sites excluding steroid dienone is 1. The van der Waals surface area contributed by atoms with Gasteiger partial charge >= 0.3 is 5.97 Å². The van der Waals surface area contributed by atoms with E-state index < -0.39 is 16.4 Å². The van der Waals surface area contributed by atoms with Gasteiger partial charge in [0.1, 0.15) is 6.61 Å². The number of nitro benzene ring substituents is 1. The molecule has 0 aromatic heterocycles. The lowest BCUT2D eigenvalue weighted by Crippen LogP contribution is -2.34. The van der Waals surface area contributed by atoms with E-state index in [1.807, 2.05) is 6.92 Å². The molecule has 2 rings (SSSR count). The average molecular weight is 274 g/mol. The van der Waals surface area contributed by atoms with E-state index in [0.717, 1.165) is 0 Å². The molecule has 6 heteroatoms. The van der Waals surface area contributed by atoms with Crippen molar-refractivity contribution in [2.24, 2.45) is 4.99 Å². The van der Waals surface area contributed by atoms with Gasteiger partial charge < -0.3 is 4.74 Å². The summed E-state index contributed by atoms with van der Waals surface area (Å²) < 4.78 is 5.23. The Morgan fingerprint density at radius 1 is 1.40 bits per heavy atom. The number of non-ortho nitro benzene ring substituents is 1. The zero-order valence-electron chi connectivity index (χ0n) is 11.0. The summed E-state index contributed by atoms with van der Waals surface area (Å²) >= 11 is 0. The van der Waals surface area contributed by atoms with E-state index in [4.69, 9.17) is 4.74 Å². The highest BCUT2D eigenvalue weighted by Gasteiger charge is 2.36. The minimum absolute atomic E-state index is 0.00781. The summed E-state index contributed by atoms with van der Waals surface area (Å²) in [4.78, 5) is 26.2. The minimum Gasteiger partial charge on any atom is -0.459 e. The topological polar surface area (TPSA) is 81.8 Å². The molecule has 0 saturated heterocycles. The largest absolute Gasteiger partial charge is 0.459 e. The van der Waals surface area contributed by atoms with Gasteiger partial charge in [0.05, 0.1) is 4.92 Å². The van der Waals surface area contributed by atoms with Gasteiger partial charge in [-0.2, -0.15) is 0 Å². The Morgan fingerprint density at radius 2 is 2.10 bits per heavy atom. The first kappa shape index (κ1) is 13.9. The van der Waals surface area contributed by atoms with Crippen LogP contribution in [0.15, 0.2) is 41.4 Å². The van der Waals surface area contributed by atoms with Crippen molar-refractivity contribution in [3.8, 4) is 0 Å². The van der Waals surface area contributed by atoms with E-state index in [0.29, 0.717) is 12.0 Å². The number of hydrogen-bond acceptors (Lipinski definition) is 5. The van der Waals surface area contributed by atoms with E-state index in [2.05, 4.69) is 4.99 Å². The summed E-state index contributed by atoms with van der Waals surface area (Å²) in [7, 11) is 0. The van der Waals surface area contributed by atoms with Gasteiger partial charge in [-0.25, -0.2) is 4.79 Å². The van der Waals surface area contributed by atoms with Crippen LogP contribution in [0.1, 0.15) is 18.9 Å². The third kappa shape index (κ3) is 2.74. The Hall–Kier alpha value is -2.50. The number of rotatable bonds is 5. The molecule has 0 amide bonds. The number of ether oxygens (including phenoxy) is 1. The van der Waals surface area contributed by atoms with Crippen LogP contribution < -0.4 is 0 Å². The maximum absolute atomic E-state index is 12.1. The molecule has 1 unspecified atom stereocenters. The molecular weight excluding hydrogens is 260 g/mol. The predicted molar refractivity (Wildman–Crippen MR) is 73.5 cm³/mol. The molecule has 0 bridgehead atoms. The van der Waals surface area contributed by atoms with Crippen LogP contribution >= 0.6 is 0 Å². The molecule has 104 valence electrons. The lowest BCUT2D eigenvalue weighted by molar-refractivity contribution is -0.384. The van der Waals surface area contributed by atoms with E-state index in [1.54, 1.807) is 30.5 Å². The van der Waals surface area contributed by atoms with Gasteiger partial charge in [0, 0.05) is 18.3 Å². The lowest BCUT2D eigenvalue weighted by Gasteiger charge is -2.20. The van der Waals surface area contributed by atoms with Crippen LogP contribution in [0, 0.1) is 10.1 Å². The van der Waals surface area contributed by atoms with Crippen molar-refractivity contribution in [3.63, 3.8) is 0 Å². The molecule has 1 aliphatic heterocycles. The van der Waals surface area contributed by atoms with Crippen LogP contribution in [0.3, 0.4) is 0 Å². The zero-order valence-corrected chi connectivity index (χ0v) is 11.0. The lowest BCUT2D eigenvalue weighted by atomic mass is 9.98. The number of aliphatic imine (C=N–C) groups is 1. The van der Waals surface area contributed by atoms with Crippen LogP contribution in [0.5, 0.6) is 0 Å². The quantitative estimate of drug-likeness (QED) is 0.469. The van der Waals surface area contributed by atoms with Crippen LogP contribution in [0.4, 0.5) is 5.69 Å². The van der Waals surface area contributed by atoms with Crippen molar-refractivity contribution in [1.82, 2.24) is 0 Å². The molecule has 20 heavy (non-hydrogen) atoms. The fourth-order valence-corrected chi connectivity index (χ4v) is 1.88. The normalized spacial score (nSPS) is 20.1. The zero-order chi connectivity index (χ0) is 14.6. The number of nitro groups is 1. The summed E-state index contributed by atoms with van der Waals surface area (Å²) in [6, 6.07) is 5.90. The smallest absolute Gasteiger partial charge is 0.338 e. The molecule has 1 aromatic rings. The maximum Gasteiger partial charge on any atom is 0.338 e. The van der Waals surface area contributed by atoms with Crippen molar-refractivity contribution in [2.45, 2.75) is 25.5 Å². The Balaban J connectivity index is 1.98. The molecule has 0 fully saturated rings. The number of carbonyl (C=O) groups excluding carboxylic acids is 1. The first-order chi connectivity index (χ1) is 9.57. The van der Waals surface area contributed by atoms with Gasteiger partial charge in [0.2, 0.25) is 0 Å². The van der Waals surface area contributed by atoms with Crippen molar-refractivity contribution < 1.29 is 14.5 Å². The van der Waals surface area contributed by atoms with Gasteiger partial charge in [-0.05, 0) is 36.3 Å². The van der Waals surface area contributed by atoms with E-state index in [-0.39, 0.29) is 12.3 Å². The Labute approximate surface area is 115 Å². The van der Waals surface area contributed by atoms with Gasteiger partial charge in [-0.3, -0.25) is 15.1 Å². The summed E-state index contributed by atoms with van der Waals surface area (Å²) in [6.45, 7) is 1.93. The van der Waals surface area contributed by atoms with Gasteiger partial charge in [-0.1, -0.05) is 6.92 Å². The number of esters is 1. The summed E-state index contributed by atoms with van der Waals surface area (Å²) in [5.41, 5.74) is -0.213. The second kappa shape index (κ2) is 5.64. The molecule has 0 saturated carbocycles. The van der Waals surface area contributed by atoms with Crippen molar-refractivity contribution in [3.05, 3.63) is 52.1 Å². The SMILES string of the molecule is CCC1(C(=O)OCc2ccc([N+](=O)[O-])cc2)C=CC=N1. The molecule has 1 aromatic carbocycles. The molecule has 0 spiro atoms. The van der Waals surface area contributed by atoms with Crippen molar-refractivity contribution in [2.75, 3.05) is 0 Å². The first-order valence-corrected chi connectivity index (χ1v) is 6.21. The summed E-state index contributed by atoms with van der Waals surface area (Å²) in [6.07, 6.45) is 5.54. The minimum atomic E-state index is -0.916. The summed E-state index contributed by atoms with van der Waals surface area (Å²) in [5, 5.41) is 10.5. The Morgan fingerprint density at radius 3 is 2.60 bits per heavy atom. The molecule has 6 nitrogen and oxygen atoms in total. The second-order valence-electron chi connectivity index (χ2n) is 4.41. The Kier molecular flexibility index (Phi) is 3.93. The van der Waals surface area contributed by atoms with Crippen LogP contribution in [-0.2, 0) is 16.1 Å². The first-order valence-electron chi connectivity index (χ1n) is 6.21. The van der Waals surface area contributed by atoms with Gasteiger partial charge in [0.15, 0.2) is 5.54 Å². The number of nitrogens with zero attached hydrogens (tertiary/aromatic N) is 2. The van der Waals surface area contributed by atoms with Gasteiger partial charge in [-0.15, -0.1) is 0 Å². The maximum atomic E-state index is 12.1. The van der Waals surface area contributed by atoms with Crippen molar-refractivity contribution in [1.29, 1.82) is 0 Å². The average Bonchev–Trinajstić information content (AvgIpc) is 2.95. The number of carbonyl (C=O) groups is 1. The predicted octanol–water partition coefficient (Wildman–Crippen LogP) is 2.43. The van der Waals surface area contributed by atoms with Crippen LogP contribution in [-0.4, -0.2) is 22.6 Å². The molecule has 0 N–H and O–H groups in total. The highest BCUT2D eigenvalue weighted by Crippen LogP contribution is 2.23. The van der Waals surface area contributed by atoms with Crippen molar-refractivity contribution >= 4 is 17.9 Å². The van der Waals surface area contributed by atoms with E-state index >= 15 is 0 Å². The Bertz CT molecular complexity index is 563. The van der Waals surface area contributed by atoms with Gasteiger partial charge in [0.25, 0.3) is 5.69 Å². The molecule has 1 heterocycles. The summed E-state index contributed by atoms with van der Waals surface area (Å²) in [5.74, 6) is -0.414. The molecule has 0 aliphatic carbocycles. The number of benzene rings is 1. The molecule has 1 atom stereocenters. The van der Waals surface area contributed by atoms with E-state index in [9.17, 15) is 14.9 Å². The third-order valence-corrected chi connectivity index (χ3v) is 3.17. The van der Waals surface area contributed by atoms with Crippen LogP contribution in [0.2, 0.25) is 0 Å². The monoisotopic (exact) mass is 274 g/mol.